The van der Waals surface area contributed by atoms with Gasteiger partial charge in [0.15, 0.2) is 0 Å². The number of hydrogen-bond donors (Lipinski definition) is 1. The second-order valence-corrected chi connectivity index (χ2v) is 8.54. The summed E-state index contributed by atoms with van der Waals surface area (Å²) < 4.78 is 29.6. The highest BCUT2D eigenvalue weighted by atomic mass is 32.2. The number of aryl methyl sites for hydroxylation is 1. The van der Waals surface area contributed by atoms with Crippen LogP contribution in [0.2, 0.25) is 0 Å². The molecule has 1 atom stereocenters. The standard InChI is InChI=1S/C19H24N2O4S/c1-14-6-10-18(11-7-14)26(23,24)21-20-13-19(22)25-17-9-8-15-4-2-3-5-16(15)12-17/h6-7,10-11,13,17,21H,2-5,8-9,12H2,1H3/b20-13+. The van der Waals surface area contributed by atoms with E-state index in [1.165, 1.54) is 37.0 Å². The highest BCUT2D eigenvalue weighted by molar-refractivity contribution is 7.89. The predicted octanol–water partition coefficient (Wildman–Crippen LogP) is 3.23. The van der Waals surface area contributed by atoms with Gasteiger partial charge in [-0.1, -0.05) is 28.8 Å². The van der Waals surface area contributed by atoms with E-state index >= 15 is 0 Å². The molecule has 0 aliphatic heterocycles. The average Bonchev–Trinajstić information content (AvgIpc) is 2.62. The lowest BCUT2D eigenvalue weighted by Crippen LogP contribution is -2.25. The number of ether oxygens (including phenoxy) is 1. The van der Waals surface area contributed by atoms with Crippen LogP contribution in [0.5, 0.6) is 0 Å². The second kappa shape index (κ2) is 8.03. The van der Waals surface area contributed by atoms with Gasteiger partial charge in [0.25, 0.3) is 10.0 Å². The van der Waals surface area contributed by atoms with E-state index < -0.39 is 16.0 Å². The van der Waals surface area contributed by atoms with Crippen LogP contribution < -0.4 is 4.83 Å². The number of allylic oxidation sites excluding steroid dienone is 1. The molecule has 2 aliphatic rings. The van der Waals surface area contributed by atoms with E-state index in [4.69, 9.17) is 4.74 Å². The van der Waals surface area contributed by atoms with Crippen LogP contribution in [0, 0.1) is 6.92 Å². The van der Waals surface area contributed by atoms with Crippen LogP contribution in [0.1, 0.15) is 50.5 Å². The van der Waals surface area contributed by atoms with E-state index in [9.17, 15) is 13.2 Å². The third-order valence-electron chi connectivity index (χ3n) is 4.91. The molecule has 140 valence electrons. The maximum absolute atomic E-state index is 12.1. The molecule has 0 radical (unpaired) electrons. The van der Waals surface area contributed by atoms with E-state index in [2.05, 4.69) is 5.10 Å². The Balaban J connectivity index is 1.52. The summed E-state index contributed by atoms with van der Waals surface area (Å²) in [5.41, 5.74) is 3.94. The zero-order valence-corrected chi connectivity index (χ0v) is 15.7. The van der Waals surface area contributed by atoms with Crippen molar-refractivity contribution in [2.75, 3.05) is 0 Å². The first kappa shape index (κ1) is 18.6. The van der Waals surface area contributed by atoms with Gasteiger partial charge in [0.1, 0.15) is 12.3 Å². The summed E-state index contributed by atoms with van der Waals surface area (Å²) in [4.78, 5) is 14.1. The first-order valence-electron chi connectivity index (χ1n) is 8.96. The maximum Gasteiger partial charge on any atom is 0.351 e. The highest BCUT2D eigenvalue weighted by Gasteiger charge is 2.25. The Kier molecular flexibility index (Phi) is 5.76. The van der Waals surface area contributed by atoms with Crippen LogP contribution in [0.4, 0.5) is 0 Å². The molecule has 26 heavy (non-hydrogen) atoms. The van der Waals surface area contributed by atoms with E-state index in [0.29, 0.717) is 0 Å². The second-order valence-electron chi connectivity index (χ2n) is 6.88. The Bertz CT molecular complexity index is 826. The predicted molar refractivity (Wildman–Crippen MR) is 99.2 cm³/mol. The van der Waals surface area contributed by atoms with Crippen molar-refractivity contribution in [1.82, 2.24) is 4.83 Å². The molecule has 6 nitrogen and oxygen atoms in total. The number of esters is 1. The van der Waals surface area contributed by atoms with Crippen LogP contribution in [0.25, 0.3) is 0 Å². The molecular formula is C19H24N2O4S. The molecule has 1 unspecified atom stereocenters. The van der Waals surface area contributed by atoms with E-state index in [0.717, 1.165) is 37.5 Å². The van der Waals surface area contributed by atoms with Crippen LogP contribution >= 0.6 is 0 Å². The first-order valence-corrected chi connectivity index (χ1v) is 10.4. The minimum atomic E-state index is -3.78. The summed E-state index contributed by atoms with van der Waals surface area (Å²) in [6.07, 6.45) is 8.11. The van der Waals surface area contributed by atoms with Gasteiger partial charge in [-0.15, -0.1) is 0 Å². The van der Waals surface area contributed by atoms with Gasteiger partial charge in [-0.3, -0.25) is 0 Å². The molecule has 7 heteroatoms. The number of nitrogens with zero attached hydrogens (tertiary/aromatic N) is 1. The molecule has 1 aromatic rings. The number of sulfonamides is 1. The summed E-state index contributed by atoms with van der Waals surface area (Å²) in [5, 5.41) is 3.54. The molecule has 0 spiro atoms. The number of nitrogens with one attached hydrogen (secondary N) is 1. The van der Waals surface area contributed by atoms with E-state index in [1.54, 1.807) is 17.7 Å². The summed E-state index contributed by atoms with van der Waals surface area (Å²) in [5.74, 6) is -0.624. The quantitative estimate of drug-likeness (QED) is 0.370. The molecule has 0 bridgehead atoms. The largest absolute Gasteiger partial charge is 0.458 e. The number of hydrazone groups is 1. The Labute approximate surface area is 154 Å². The van der Waals surface area contributed by atoms with Gasteiger partial charge in [0, 0.05) is 6.42 Å². The van der Waals surface area contributed by atoms with Crippen LogP contribution in [0.3, 0.4) is 0 Å². The minimum Gasteiger partial charge on any atom is -0.458 e. The summed E-state index contributed by atoms with van der Waals surface area (Å²) >= 11 is 0. The molecule has 2 aliphatic carbocycles. The Morgan fingerprint density at radius 3 is 2.58 bits per heavy atom. The van der Waals surface area contributed by atoms with Crippen molar-refractivity contribution in [3.8, 4) is 0 Å². The minimum absolute atomic E-state index is 0.0951. The van der Waals surface area contributed by atoms with E-state index in [1.807, 2.05) is 11.8 Å². The monoisotopic (exact) mass is 376 g/mol. The van der Waals surface area contributed by atoms with Crippen LogP contribution in [-0.4, -0.2) is 26.7 Å². The normalized spacial score (nSPS) is 20.7. The van der Waals surface area contributed by atoms with Gasteiger partial charge in [-0.05, 0) is 57.6 Å². The zero-order chi connectivity index (χ0) is 18.6. The number of benzene rings is 1. The van der Waals surface area contributed by atoms with Crippen molar-refractivity contribution in [3.05, 3.63) is 41.0 Å². The van der Waals surface area contributed by atoms with Crippen molar-refractivity contribution >= 4 is 22.2 Å². The number of hydrogen-bond acceptors (Lipinski definition) is 5. The van der Waals surface area contributed by atoms with Crippen molar-refractivity contribution in [2.45, 2.75) is 62.9 Å². The number of rotatable bonds is 5. The van der Waals surface area contributed by atoms with Crippen LogP contribution in [0.15, 0.2) is 45.4 Å². The smallest absolute Gasteiger partial charge is 0.351 e. The molecule has 0 heterocycles. The fourth-order valence-corrected chi connectivity index (χ4v) is 4.30. The zero-order valence-electron chi connectivity index (χ0n) is 14.9. The highest BCUT2D eigenvalue weighted by Crippen LogP contribution is 2.36. The van der Waals surface area contributed by atoms with Crippen molar-refractivity contribution in [3.63, 3.8) is 0 Å². The summed E-state index contributed by atoms with van der Waals surface area (Å²) in [6.45, 7) is 1.87. The lowest BCUT2D eigenvalue weighted by atomic mass is 9.81. The fraction of sp³-hybridized carbons (Fsp3) is 0.474. The maximum atomic E-state index is 12.1. The molecular weight excluding hydrogens is 352 g/mol. The molecule has 0 fully saturated rings. The van der Waals surface area contributed by atoms with Gasteiger partial charge in [0.05, 0.1) is 4.90 Å². The average molecular weight is 376 g/mol. The lowest BCUT2D eigenvalue weighted by molar-refractivity contribution is -0.140. The van der Waals surface area contributed by atoms with Gasteiger partial charge in [-0.2, -0.15) is 18.4 Å². The lowest BCUT2D eigenvalue weighted by Gasteiger charge is -2.29. The topological polar surface area (TPSA) is 84.8 Å². The Morgan fingerprint density at radius 2 is 1.85 bits per heavy atom. The Hall–Kier alpha value is -2.15. The SMILES string of the molecule is Cc1ccc(S(=O)(=O)N/N=C/C(=O)OC2CCC3=C(CCCC3)C2)cc1. The third kappa shape index (κ3) is 4.72. The molecule has 0 saturated carbocycles. The van der Waals surface area contributed by atoms with Gasteiger partial charge in [0.2, 0.25) is 0 Å². The summed E-state index contributed by atoms with van der Waals surface area (Å²) in [6, 6.07) is 6.37. The number of carbonyl (C=O) groups excluding carboxylic acids is 1. The van der Waals surface area contributed by atoms with Gasteiger partial charge >= 0.3 is 5.97 Å². The van der Waals surface area contributed by atoms with Crippen molar-refractivity contribution in [1.29, 1.82) is 0 Å². The van der Waals surface area contributed by atoms with Crippen molar-refractivity contribution < 1.29 is 17.9 Å². The molecule has 0 saturated heterocycles. The molecule has 3 rings (SSSR count). The van der Waals surface area contributed by atoms with E-state index in [-0.39, 0.29) is 11.0 Å². The molecule has 1 aromatic carbocycles. The molecule has 0 aromatic heterocycles. The first-order chi connectivity index (χ1) is 12.4. The van der Waals surface area contributed by atoms with Gasteiger partial charge in [-0.25, -0.2) is 4.79 Å². The third-order valence-corrected chi connectivity index (χ3v) is 6.14. The van der Waals surface area contributed by atoms with Gasteiger partial charge < -0.3 is 4.74 Å². The van der Waals surface area contributed by atoms with Crippen molar-refractivity contribution in [2.24, 2.45) is 5.10 Å². The van der Waals surface area contributed by atoms with Crippen LogP contribution in [-0.2, 0) is 19.6 Å². The fourth-order valence-electron chi connectivity index (χ4n) is 3.50. The molecule has 1 N–H and O–H groups in total. The number of carbonyl (C=O) groups is 1. The summed E-state index contributed by atoms with van der Waals surface area (Å²) in [7, 11) is -3.78. The Morgan fingerprint density at radius 1 is 1.15 bits per heavy atom. The molecule has 0 amide bonds.